The Balaban J connectivity index is 1.96. The lowest BCUT2D eigenvalue weighted by molar-refractivity contribution is 0.180. The minimum atomic E-state index is -0.384. The molecule has 0 radical (unpaired) electrons. The number of nitrogens with zero attached hydrogens (tertiary/aromatic N) is 2. The summed E-state index contributed by atoms with van der Waals surface area (Å²) in [6.45, 7) is 1.38. The fourth-order valence-electron chi connectivity index (χ4n) is 2.52. The number of imidazole rings is 1. The normalized spacial score (nSPS) is 20.2. The summed E-state index contributed by atoms with van der Waals surface area (Å²) in [7, 11) is 0. The highest BCUT2D eigenvalue weighted by Gasteiger charge is 2.26. The van der Waals surface area contributed by atoms with Gasteiger partial charge in [0.25, 0.3) is 0 Å². The first-order valence-corrected chi connectivity index (χ1v) is 6.85. The number of ether oxygens (including phenoxy) is 1. The zero-order valence-corrected chi connectivity index (χ0v) is 11.6. The van der Waals surface area contributed by atoms with Gasteiger partial charge in [-0.25, -0.2) is 9.37 Å². The monoisotopic (exact) mass is 295 g/mol. The van der Waals surface area contributed by atoms with Gasteiger partial charge in [-0.15, -0.1) is 0 Å². The standard InChI is InChI=1S/C14H15ClFN3O/c15-10-3-11(16)5-12(4-10)19-8-18-6-13(19)14(17)9-1-2-20-7-9/h3-6,8-9,14H,1-2,7,17H2. The van der Waals surface area contributed by atoms with Crippen LogP contribution in [0.15, 0.2) is 30.7 Å². The zero-order valence-electron chi connectivity index (χ0n) is 10.8. The van der Waals surface area contributed by atoms with Gasteiger partial charge in [0.15, 0.2) is 0 Å². The van der Waals surface area contributed by atoms with Crippen LogP contribution in [-0.4, -0.2) is 22.8 Å². The number of halogens is 2. The number of rotatable bonds is 3. The number of benzene rings is 1. The van der Waals surface area contributed by atoms with Gasteiger partial charge in [0, 0.05) is 17.5 Å². The average molecular weight is 296 g/mol. The van der Waals surface area contributed by atoms with Gasteiger partial charge in [0.05, 0.1) is 36.6 Å². The highest BCUT2D eigenvalue weighted by Crippen LogP contribution is 2.28. The fourth-order valence-corrected chi connectivity index (χ4v) is 2.74. The van der Waals surface area contributed by atoms with Crippen molar-refractivity contribution in [2.45, 2.75) is 12.5 Å². The summed E-state index contributed by atoms with van der Waals surface area (Å²) < 4.78 is 20.6. The molecule has 2 N–H and O–H groups in total. The number of aromatic nitrogens is 2. The van der Waals surface area contributed by atoms with Crippen molar-refractivity contribution >= 4 is 11.6 Å². The first-order chi connectivity index (χ1) is 9.65. The third-order valence-corrected chi connectivity index (χ3v) is 3.83. The molecule has 1 saturated heterocycles. The predicted molar refractivity (Wildman–Crippen MR) is 74.4 cm³/mol. The van der Waals surface area contributed by atoms with Crippen LogP contribution in [0.3, 0.4) is 0 Å². The highest BCUT2D eigenvalue weighted by atomic mass is 35.5. The largest absolute Gasteiger partial charge is 0.381 e. The molecule has 2 unspecified atom stereocenters. The van der Waals surface area contributed by atoms with E-state index in [9.17, 15) is 4.39 Å². The van der Waals surface area contributed by atoms with Crippen LogP contribution in [0.1, 0.15) is 18.2 Å². The molecule has 3 rings (SSSR count). The van der Waals surface area contributed by atoms with Crippen LogP contribution in [0.2, 0.25) is 5.02 Å². The molecule has 1 aromatic carbocycles. The van der Waals surface area contributed by atoms with Crippen LogP contribution in [0.4, 0.5) is 4.39 Å². The van der Waals surface area contributed by atoms with E-state index in [1.165, 1.54) is 12.1 Å². The Bertz CT molecular complexity index is 590. The fraction of sp³-hybridized carbons (Fsp3) is 0.357. The van der Waals surface area contributed by atoms with E-state index in [1.54, 1.807) is 23.2 Å². The molecule has 0 spiro atoms. The first-order valence-electron chi connectivity index (χ1n) is 6.47. The van der Waals surface area contributed by atoms with Gasteiger partial charge < -0.3 is 15.0 Å². The predicted octanol–water partition coefficient (Wildman–Crippen LogP) is 2.70. The van der Waals surface area contributed by atoms with Gasteiger partial charge in [-0.3, -0.25) is 0 Å². The molecule has 106 valence electrons. The third kappa shape index (κ3) is 2.57. The summed E-state index contributed by atoms with van der Waals surface area (Å²) in [6.07, 6.45) is 4.26. The maximum atomic E-state index is 13.5. The van der Waals surface area contributed by atoms with E-state index in [4.69, 9.17) is 22.1 Å². The quantitative estimate of drug-likeness (QED) is 0.947. The molecule has 1 aliphatic rings. The van der Waals surface area contributed by atoms with Crippen molar-refractivity contribution in [2.24, 2.45) is 11.7 Å². The lowest BCUT2D eigenvalue weighted by Gasteiger charge is -2.19. The van der Waals surface area contributed by atoms with Crippen LogP contribution in [-0.2, 0) is 4.74 Å². The van der Waals surface area contributed by atoms with Crippen molar-refractivity contribution < 1.29 is 9.13 Å². The SMILES string of the molecule is NC(c1cncn1-c1cc(F)cc(Cl)c1)C1CCOC1. The van der Waals surface area contributed by atoms with Gasteiger partial charge in [0.2, 0.25) is 0 Å². The van der Waals surface area contributed by atoms with Gasteiger partial charge in [-0.2, -0.15) is 0 Å². The molecule has 1 aliphatic heterocycles. The molecule has 4 nitrogen and oxygen atoms in total. The van der Waals surface area contributed by atoms with Crippen molar-refractivity contribution in [3.05, 3.63) is 47.3 Å². The highest BCUT2D eigenvalue weighted by molar-refractivity contribution is 6.30. The summed E-state index contributed by atoms with van der Waals surface area (Å²) in [4.78, 5) is 4.13. The van der Waals surface area contributed by atoms with Crippen molar-refractivity contribution in [3.8, 4) is 5.69 Å². The molecule has 6 heteroatoms. The topological polar surface area (TPSA) is 53.1 Å². The number of nitrogens with two attached hydrogens (primary N) is 1. The summed E-state index contributed by atoms with van der Waals surface area (Å²) in [5.41, 5.74) is 7.75. The number of hydrogen-bond donors (Lipinski definition) is 1. The molecule has 20 heavy (non-hydrogen) atoms. The Morgan fingerprint density at radius 1 is 1.45 bits per heavy atom. The van der Waals surface area contributed by atoms with E-state index in [0.29, 0.717) is 17.3 Å². The maximum absolute atomic E-state index is 13.5. The molecule has 1 aromatic heterocycles. The Kier molecular flexibility index (Phi) is 3.74. The molecule has 2 aromatic rings. The first kappa shape index (κ1) is 13.5. The Morgan fingerprint density at radius 3 is 3.00 bits per heavy atom. The summed E-state index contributed by atoms with van der Waals surface area (Å²) in [6, 6.07) is 4.18. The van der Waals surface area contributed by atoms with E-state index in [-0.39, 0.29) is 17.8 Å². The summed E-state index contributed by atoms with van der Waals surface area (Å²) in [5, 5.41) is 0.345. The van der Waals surface area contributed by atoms with Gasteiger partial charge >= 0.3 is 0 Å². The van der Waals surface area contributed by atoms with E-state index < -0.39 is 0 Å². The molecule has 0 saturated carbocycles. The molecule has 2 heterocycles. The van der Waals surface area contributed by atoms with Crippen LogP contribution >= 0.6 is 11.6 Å². The average Bonchev–Trinajstić information content (AvgIpc) is 3.08. The van der Waals surface area contributed by atoms with Crippen LogP contribution < -0.4 is 5.73 Å². The van der Waals surface area contributed by atoms with Crippen molar-refractivity contribution in [1.82, 2.24) is 9.55 Å². The van der Waals surface area contributed by atoms with Crippen LogP contribution in [0, 0.1) is 11.7 Å². The van der Waals surface area contributed by atoms with Crippen molar-refractivity contribution in [2.75, 3.05) is 13.2 Å². The molecule has 1 fully saturated rings. The van der Waals surface area contributed by atoms with Crippen molar-refractivity contribution in [1.29, 1.82) is 0 Å². The lowest BCUT2D eigenvalue weighted by atomic mass is 9.97. The molecular weight excluding hydrogens is 281 g/mol. The van der Waals surface area contributed by atoms with E-state index in [0.717, 1.165) is 18.7 Å². The molecule has 0 amide bonds. The second-order valence-electron chi connectivity index (χ2n) is 4.97. The third-order valence-electron chi connectivity index (χ3n) is 3.61. The van der Waals surface area contributed by atoms with Crippen LogP contribution in [0.25, 0.3) is 5.69 Å². The van der Waals surface area contributed by atoms with Gasteiger partial charge in [-0.1, -0.05) is 11.6 Å². The Labute approximate surface area is 121 Å². The molecular formula is C14H15ClFN3O. The molecule has 2 atom stereocenters. The Hall–Kier alpha value is -1.43. The minimum absolute atomic E-state index is 0.193. The molecule has 0 bridgehead atoms. The summed E-state index contributed by atoms with van der Waals surface area (Å²) in [5.74, 6) is -0.126. The lowest BCUT2D eigenvalue weighted by Crippen LogP contribution is -2.24. The molecule has 0 aliphatic carbocycles. The summed E-state index contributed by atoms with van der Waals surface area (Å²) >= 11 is 5.90. The van der Waals surface area contributed by atoms with Gasteiger partial charge in [-0.05, 0) is 24.6 Å². The maximum Gasteiger partial charge on any atom is 0.126 e. The second-order valence-corrected chi connectivity index (χ2v) is 5.40. The van der Waals surface area contributed by atoms with E-state index >= 15 is 0 Å². The van der Waals surface area contributed by atoms with E-state index in [1.807, 2.05) is 0 Å². The second kappa shape index (κ2) is 5.52. The number of hydrogen-bond acceptors (Lipinski definition) is 3. The minimum Gasteiger partial charge on any atom is -0.381 e. The van der Waals surface area contributed by atoms with E-state index in [2.05, 4.69) is 4.98 Å². The van der Waals surface area contributed by atoms with Crippen LogP contribution in [0.5, 0.6) is 0 Å². The smallest absolute Gasteiger partial charge is 0.126 e. The zero-order chi connectivity index (χ0) is 14.1. The van der Waals surface area contributed by atoms with Crippen molar-refractivity contribution in [3.63, 3.8) is 0 Å². The van der Waals surface area contributed by atoms with Gasteiger partial charge in [0.1, 0.15) is 5.82 Å². The Morgan fingerprint density at radius 2 is 2.30 bits per heavy atom.